The third-order valence-corrected chi connectivity index (χ3v) is 5.72. The fourth-order valence-electron chi connectivity index (χ4n) is 3.57. The van der Waals surface area contributed by atoms with Crippen LogP contribution in [0, 0.1) is 0 Å². The highest BCUT2D eigenvalue weighted by Crippen LogP contribution is 2.31. The van der Waals surface area contributed by atoms with Gasteiger partial charge in [-0.2, -0.15) is 0 Å². The molecule has 2 aliphatic rings. The van der Waals surface area contributed by atoms with E-state index in [0.29, 0.717) is 24.2 Å². The molecule has 27 heavy (non-hydrogen) atoms. The molecular formula is C18H24N4O4S. The van der Waals surface area contributed by atoms with E-state index in [1.165, 1.54) is 11.3 Å². The number of ether oxygens (including phenoxy) is 1. The van der Waals surface area contributed by atoms with E-state index in [-0.39, 0.29) is 25.1 Å². The Kier molecular flexibility index (Phi) is 6.12. The fourth-order valence-corrected chi connectivity index (χ4v) is 4.35. The summed E-state index contributed by atoms with van der Waals surface area (Å²) >= 11 is 1.45. The Hall–Kier alpha value is -2.39. The minimum absolute atomic E-state index is 0.231. The standard InChI is InChI=1S/C18H24N4O4S/c1-2-26-17(24)14-11(10-22-8-4-3-6-12(22)16(19)23)20-18(25)21-15(14)13-7-5-9-27-13/h5,7,9,12,15H,2-4,6,8,10H2,1H3,(H2,19,23)(H2,20,21,25)/t12-,15-/m1/s1. The average Bonchev–Trinajstić information content (AvgIpc) is 3.16. The molecule has 146 valence electrons. The molecule has 4 N–H and O–H groups in total. The van der Waals surface area contributed by atoms with Gasteiger partial charge in [-0.25, -0.2) is 9.59 Å². The van der Waals surface area contributed by atoms with Gasteiger partial charge in [0.15, 0.2) is 0 Å². The van der Waals surface area contributed by atoms with Crippen LogP contribution in [0.25, 0.3) is 0 Å². The lowest BCUT2D eigenvalue weighted by Crippen LogP contribution is -2.52. The number of piperidine rings is 1. The molecule has 0 spiro atoms. The summed E-state index contributed by atoms with van der Waals surface area (Å²) in [5, 5.41) is 7.43. The van der Waals surface area contributed by atoms with Crippen molar-refractivity contribution < 1.29 is 19.1 Å². The second-order valence-corrected chi connectivity index (χ2v) is 7.52. The second-order valence-electron chi connectivity index (χ2n) is 6.54. The van der Waals surface area contributed by atoms with Crippen molar-refractivity contribution in [1.29, 1.82) is 0 Å². The molecule has 1 aromatic heterocycles. The number of nitrogens with one attached hydrogen (secondary N) is 2. The Morgan fingerprint density at radius 3 is 2.89 bits per heavy atom. The molecule has 0 saturated carbocycles. The van der Waals surface area contributed by atoms with E-state index in [4.69, 9.17) is 10.5 Å². The maximum atomic E-state index is 12.7. The van der Waals surface area contributed by atoms with E-state index in [0.717, 1.165) is 17.7 Å². The summed E-state index contributed by atoms with van der Waals surface area (Å²) in [6, 6.07) is 2.37. The maximum absolute atomic E-state index is 12.7. The molecule has 1 saturated heterocycles. The minimum Gasteiger partial charge on any atom is -0.463 e. The van der Waals surface area contributed by atoms with Crippen LogP contribution in [0.15, 0.2) is 28.8 Å². The van der Waals surface area contributed by atoms with E-state index in [1.54, 1.807) is 6.92 Å². The van der Waals surface area contributed by atoms with Gasteiger partial charge in [0.2, 0.25) is 5.91 Å². The van der Waals surface area contributed by atoms with E-state index in [9.17, 15) is 14.4 Å². The molecular weight excluding hydrogens is 368 g/mol. The predicted octanol–water partition coefficient (Wildman–Crippen LogP) is 1.26. The van der Waals surface area contributed by atoms with Crippen LogP contribution in [0.5, 0.6) is 0 Å². The lowest BCUT2D eigenvalue weighted by atomic mass is 9.98. The van der Waals surface area contributed by atoms with Crippen molar-refractivity contribution in [3.8, 4) is 0 Å². The van der Waals surface area contributed by atoms with Crippen LogP contribution in [-0.4, -0.2) is 48.5 Å². The lowest BCUT2D eigenvalue weighted by Gasteiger charge is -2.36. The molecule has 1 fully saturated rings. The van der Waals surface area contributed by atoms with Gasteiger partial charge >= 0.3 is 12.0 Å². The largest absolute Gasteiger partial charge is 0.463 e. The van der Waals surface area contributed by atoms with Crippen LogP contribution >= 0.6 is 11.3 Å². The van der Waals surface area contributed by atoms with Crippen LogP contribution in [0.3, 0.4) is 0 Å². The summed E-state index contributed by atoms with van der Waals surface area (Å²) in [6.07, 6.45) is 2.55. The number of urea groups is 1. The monoisotopic (exact) mass is 392 g/mol. The van der Waals surface area contributed by atoms with Crippen LogP contribution in [-0.2, 0) is 14.3 Å². The van der Waals surface area contributed by atoms with Gasteiger partial charge in [0, 0.05) is 17.1 Å². The first-order valence-electron chi connectivity index (χ1n) is 9.05. The average molecular weight is 392 g/mol. The Labute approximate surface area is 161 Å². The van der Waals surface area contributed by atoms with E-state index >= 15 is 0 Å². The first kappa shape index (κ1) is 19.4. The quantitative estimate of drug-likeness (QED) is 0.631. The summed E-state index contributed by atoms with van der Waals surface area (Å²) in [5.41, 5.74) is 6.38. The first-order chi connectivity index (χ1) is 13.0. The number of nitrogens with zero attached hydrogens (tertiary/aromatic N) is 1. The number of nitrogens with two attached hydrogens (primary N) is 1. The highest BCUT2D eigenvalue weighted by atomic mass is 32.1. The molecule has 9 heteroatoms. The summed E-state index contributed by atoms with van der Waals surface area (Å²) in [4.78, 5) is 39.5. The zero-order valence-electron chi connectivity index (χ0n) is 15.2. The summed E-state index contributed by atoms with van der Waals surface area (Å²) in [5.74, 6) is -0.867. The van der Waals surface area contributed by atoms with Gasteiger partial charge in [0.05, 0.1) is 24.3 Å². The summed E-state index contributed by atoms with van der Waals surface area (Å²) in [6.45, 7) is 2.91. The molecule has 2 atom stereocenters. The van der Waals surface area contributed by atoms with Crippen molar-refractivity contribution in [1.82, 2.24) is 15.5 Å². The van der Waals surface area contributed by atoms with Crippen molar-refractivity contribution in [2.24, 2.45) is 5.73 Å². The molecule has 3 rings (SSSR count). The topological polar surface area (TPSA) is 114 Å². The van der Waals surface area contributed by atoms with Gasteiger partial charge in [-0.15, -0.1) is 11.3 Å². The third kappa shape index (κ3) is 4.30. The summed E-state index contributed by atoms with van der Waals surface area (Å²) in [7, 11) is 0. The molecule has 0 unspecified atom stereocenters. The highest BCUT2D eigenvalue weighted by molar-refractivity contribution is 7.10. The van der Waals surface area contributed by atoms with E-state index < -0.39 is 18.1 Å². The number of primary amides is 1. The second kappa shape index (κ2) is 8.53. The molecule has 0 aliphatic carbocycles. The number of hydrogen-bond donors (Lipinski definition) is 3. The van der Waals surface area contributed by atoms with Gasteiger partial charge < -0.3 is 21.1 Å². The maximum Gasteiger partial charge on any atom is 0.338 e. The molecule has 0 radical (unpaired) electrons. The highest BCUT2D eigenvalue weighted by Gasteiger charge is 2.36. The number of hydrogen-bond acceptors (Lipinski definition) is 6. The fraction of sp³-hybridized carbons (Fsp3) is 0.500. The lowest BCUT2D eigenvalue weighted by molar-refractivity contribution is -0.139. The van der Waals surface area contributed by atoms with Crippen molar-refractivity contribution in [3.63, 3.8) is 0 Å². The number of rotatable bonds is 6. The normalized spacial score (nSPS) is 23.5. The molecule has 3 heterocycles. The van der Waals surface area contributed by atoms with Crippen LogP contribution in [0.4, 0.5) is 4.79 Å². The third-order valence-electron chi connectivity index (χ3n) is 4.78. The zero-order valence-corrected chi connectivity index (χ0v) is 16.0. The summed E-state index contributed by atoms with van der Waals surface area (Å²) < 4.78 is 5.24. The Balaban J connectivity index is 1.97. The SMILES string of the molecule is CCOC(=O)C1=C(CN2CCCC[C@@H]2C(N)=O)NC(=O)N[C@@H]1c1cccs1. The smallest absolute Gasteiger partial charge is 0.338 e. The first-order valence-corrected chi connectivity index (χ1v) is 9.93. The molecule has 3 amide bonds. The molecule has 0 bridgehead atoms. The molecule has 2 aliphatic heterocycles. The number of amides is 3. The number of carbonyl (C=O) groups excluding carboxylic acids is 3. The Bertz CT molecular complexity index is 747. The number of esters is 1. The van der Waals surface area contributed by atoms with Crippen LogP contribution < -0.4 is 16.4 Å². The van der Waals surface area contributed by atoms with E-state index in [1.807, 2.05) is 22.4 Å². The Morgan fingerprint density at radius 2 is 2.22 bits per heavy atom. The van der Waals surface area contributed by atoms with Gasteiger partial charge in [-0.1, -0.05) is 12.5 Å². The predicted molar refractivity (Wildman–Crippen MR) is 101 cm³/mol. The van der Waals surface area contributed by atoms with Gasteiger partial charge in [-0.05, 0) is 37.8 Å². The van der Waals surface area contributed by atoms with Crippen molar-refractivity contribution >= 4 is 29.2 Å². The van der Waals surface area contributed by atoms with Gasteiger partial charge in [0.1, 0.15) is 0 Å². The van der Waals surface area contributed by atoms with Crippen molar-refractivity contribution in [2.45, 2.75) is 38.3 Å². The van der Waals surface area contributed by atoms with E-state index in [2.05, 4.69) is 10.6 Å². The van der Waals surface area contributed by atoms with Gasteiger partial charge in [0.25, 0.3) is 0 Å². The van der Waals surface area contributed by atoms with Gasteiger partial charge in [-0.3, -0.25) is 9.69 Å². The number of likely N-dealkylation sites (tertiary alicyclic amines) is 1. The zero-order chi connectivity index (χ0) is 19.4. The number of thiophene rings is 1. The van der Waals surface area contributed by atoms with Crippen LogP contribution in [0.2, 0.25) is 0 Å². The minimum atomic E-state index is -0.579. The molecule has 1 aromatic rings. The Morgan fingerprint density at radius 1 is 1.41 bits per heavy atom. The molecule has 8 nitrogen and oxygen atoms in total. The number of carbonyl (C=O) groups is 3. The molecule has 0 aromatic carbocycles. The van der Waals surface area contributed by atoms with Crippen molar-refractivity contribution in [3.05, 3.63) is 33.7 Å². The van der Waals surface area contributed by atoms with Crippen LogP contribution in [0.1, 0.15) is 37.1 Å². The van der Waals surface area contributed by atoms with Crippen molar-refractivity contribution in [2.75, 3.05) is 19.7 Å².